The van der Waals surface area contributed by atoms with Crippen molar-refractivity contribution in [2.45, 2.75) is 45.3 Å². The Kier molecular flexibility index (Phi) is 8.39. The Balaban J connectivity index is 2.89. The zero-order valence-corrected chi connectivity index (χ0v) is 15.5. The maximum Gasteiger partial charge on any atom is 0.326 e. The third-order valence-electron chi connectivity index (χ3n) is 3.80. The summed E-state index contributed by atoms with van der Waals surface area (Å²) in [6.07, 6.45) is 2.98. The van der Waals surface area contributed by atoms with E-state index in [0.717, 1.165) is 0 Å². The molecule has 0 radical (unpaired) electrons. The van der Waals surface area contributed by atoms with Crippen molar-refractivity contribution < 1.29 is 24.3 Å². The number of carboxylic acids is 1. The lowest BCUT2D eigenvalue weighted by molar-refractivity contribution is -0.143. The number of nitrogens with zero attached hydrogens (tertiary/aromatic N) is 1. The van der Waals surface area contributed by atoms with E-state index in [1.807, 2.05) is 0 Å². The van der Waals surface area contributed by atoms with Gasteiger partial charge in [-0.1, -0.05) is 13.8 Å². The van der Waals surface area contributed by atoms with Gasteiger partial charge in [-0.25, -0.2) is 9.78 Å². The fraction of sp³-hybridized carbons (Fsp3) is 0.562. The number of nitrogens with one attached hydrogen (secondary N) is 4. The quantitative estimate of drug-likeness (QED) is 0.274. The first-order valence-corrected chi connectivity index (χ1v) is 8.45. The van der Waals surface area contributed by atoms with Gasteiger partial charge in [-0.15, -0.1) is 0 Å². The SMILES string of the molecule is CC(NC(=O)CN)C(=O)NC(Cc1cnc[nH]1)C(=O)NC(C(=O)O)C(C)C. The molecule has 0 aliphatic heterocycles. The third-order valence-corrected chi connectivity index (χ3v) is 3.80. The van der Waals surface area contributed by atoms with Gasteiger partial charge in [0.25, 0.3) is 0 Å². The van der Waals surface area contributed by atoms with E-state index in [9.17, 15) is 24.3 Å². The molecule has 1 rings (SSSR count). The monoisotopic (exact) mass is 382 g/mol. The summed E-state index contributed by atoms with van der Waals surface area (Å²) < 4.78 is 0. The average molecular weight is 382 g/mol. The Morgan fingerprint density at radius 2 is 1.81 bits per heavy atom. The zero-order valence-electron chi connectivity index (χ0n) is 15.5. The van der Waals surface area contributed by atoms with Crippen LogP contribution in [-0.2, 0) is 25.6 Å². The lowest BCUT2D eigenvalue weighted by Crippen LogP contribution is -2.57. The van der Waals surface area contributed by atoms with Gasteiger partial charge in [0, 0.05) is 18.3 Å². The molecule has 0 aliphatic carbocycles. The number of rotatable bonds is 10. The summed E-state index contributed by atoms with van der Waals surface area (Å²) in [6.45, 7) is 4.49. The number of carboxylic acid groups (broad SMARTS) is 1. The molecule has 0 saturated carbocycles. The van der Waals surface area contributed by atoms with E-state index in [1.54, 1.807) is 13.8 Å². The summed E-state index contributed by atoms with van der Waals surface area (Å²) in [5.41, 5.74) is 5.77. The molecule has 0 saturated heterocycles. The maximum absolute atomic E-state index is 12.6. The van der Waals surface area contributed by atoms with Gasteiger partial charge in [0.15, 0.2) is 0 Å². The number of H-pyrrole nitrogens is 1. The van der Waals surface area contributed by atoms with E-state index in [-0.39, 0.29) is 18.9 Å². The number of aromatic amines is 1. The summed E-state index contributed by atoms with van der Waals surface area (Å²) in [5, 5.41) is 16.6. The molecule has 0 bridgehead atoms. The topological polar surface area (TPSA) is 179 Å². The van der Waals surface area contributed by atoms with Crippen LogP contribution in [-0.4, -0.2) is 63.4 Å². The summed E-state index contributed by atoms with van der Waals surface area (Å²) in [6, 6.07) is -3.08. The lowest BCUT2D eigenvalue weighted by atomic mass is 10.0. The second-order valence-electron chi connectivity index (χ2n) is 6.40. The Morgan fingerprint density at radius 1 is 1.15 bits per heavy atom. The van der Waals surface area contributed by atoms with E-state index in [4.69, 9.17) is 5.73 Å². The van der Waals surface area contributed by atoms with Crippen LogP contribution in [0.3, 0.4) is 0 Å². The summed E-state index contributed by atoms with van der Waals surface area (Å²) in [7, 11) is 0. The minimum atomic E-state index is -1.17. The minimum absolute atomic E-state index is 0.0690. The van der Waals surface area contributed by atoms with Crippen molar-refractivity contribution in [3.05, 3.63) is 18.2 Å². The number of carbonyl (C=O) groups excluding carboxylic acids is 3. The molecule has 150 valence electrons. The van der Waals surface area contributed by atoms with Crippen LogP contribution in [0.1, 0.15) is 26.5 Å². The maximum atomic E-state index is 12.6. The number of amides is 3. The Bertz CT molecular complexity index is 660. The molecule has 0 fully saturated rings. The molecule has 1 aromatic rings. The van der Waals surface area contributed by atoms with E-state index < -0.39 is 41.8 Å². The molecule has 0 aliphatic rings. The highest BCUT2D eigenvalue weighted by atomic mass is 16.4. The predicted molar refractivity (Wildman–Crippen MR) is 95.3 cm³/mol. The van der Waals surface area contributed by atoms with Gasteiger partial charge >= 0.3 is 5.97 Å². The van der Waals surface area contributed by atoms with E-state index in [0.29, 0.717) is 5.69 Å². The number of hydrogen-bond acceptors (Lipinski definition) is 6. The molecule has 3 atom stereocenters. The van der Waals surface area contributed by atoms with Crippen LogP contribution in [0.5, 0.6) is 0 Å². The molecular formula is C16H26N6O5. The summed E-state index contributed by atoms with van der Waals surface area (Å²) in [4.78, 5) is 54.2. The van der Waals surface area contributed by atoms with Gasteiger partial charge in [-0.2, -0.15) is 0 Å². The molecule has 3 amide bonds. The van der Waals surface area contributed by atoms with Crippen molar-refractivity contribution in [2.75, 3.05) is 6.54 Å². The summed E-state index contributed by atoms with van der Waals surface area (Å²) in [5.74, 6) is -3.30. The summed E-state index contributed by atoms with van der Waals surface area (Å²) >= 11 is 0. The molecule has 7 N–H and O–H groups in total. The van der Waals surface area contributed by atoms with Crippen LogP contribution in [0.2, 0.25) is 0 Å². The van der Waals surface area contributed by atoms with Crippen LogP contribution in [0.4, 0.5) is 0 Å². The number of nitrogens with two attached hydrogens (primary N) is 1. The van der Waals surface area contributed by atoms with Gasteiger partial charge in [-0.05, 0) is 12.8 Å². The number of imidazole rings is 1. The average Bonchev–Trinajstić information content (AvgIpc) is 3.10. The largest absolute Gasteiger partial charge is 0.480 e. The predicted octanol–water partition coefficient (Wildman–Crippen LogP) is -1.87. The number of carbonyl (C=O) groups is 4. The van der Waals surface area contributed by atoms with E-state index in [1.165, 1.54) is 19.4 Å². The zero-order chi connectivity index (χ0) is 20.6. The lowest BCUT2D eigenvalue weighted by Gasteiger charge is -2.24. The fourth-order valence-electron chi connectivity index (χ4n) is 2.26. The first kappa shape index (κ1) is 22.1. The van der Waals surface area contributed by atoms with Crippen LogP contribution in [0, 0.1) is 5.92 Å². The second kappa shape index (κ2) is 10.3. The van der Waals surface area contributed by atoms with Gasteiger partial charge < -0.3 is 31.8 Å². The molecule has 0 spiro atoms. The number of aromatic nitrogens is 2. The molecular weight excluding hydrogens is 356 g/mol. The van der Waals surface area contributed by atoms with Gasteiger partial charge in [-0.3, -0.25) is 14.4 Å². The smallest absolute Gasteiger partial charge is 0.326 e. The molecule has 3 unspecified atom stereocenters. The van der Waals surface area contributed by atoms with Crippen LogP contribution < -0.4 is 21.7 Å². The Labute approximate surface area is 156 Å². The molecule has 11 nitrogen and oxygen atoms in total. The van der Waals surface area contributed by atoms with Crippen molar-refractivity contribution in [3.63, 3.8) is 0 Å². The minimum Gasteiger partial charge on any atom is -0.480 e. The van der Waals surface area contributed by atoms with Crippen LogP contribution >= 0.6 is 0 Å². The van der Waals surface area contributed by atoms with Gasteiger partial charge in [0.2, 0.25) is 17.7 Å². The highest BCUT2D eigenvalue weighted by molar-refractivity contribution is 5.93. The van der Waals surface area contributed by atoms with E-state index in [2.05, 4.69) is 25.9 Å². The Morgan fingerprint density at radius 3 is 2.30 bits per heavy atom. The molecule has 1 aromatic heterocycles. The van der Waals surface area contributed by atoms with Crippen molar-refractivity contribution >= 4 is 23.7 Å². The van der Waals surface area contributed by atoms with Crippen molar-refractivity contribution in [1.82, 2.24) is 25.9 Å². The van der Waals surface area contributed by atoms with Crippen LogP contribution in [0.25, 0.3) is 0 Å². The molecule has 1 heterocycles. The standard InChI is InChI=1S/C16H26N6O5/c1-8(2)13(16(26)27)22-15(25)11(4-10-6-18-7-19-10)21-14(24)9(3)20-12(23)5-17/h6-9,11,13H,4-5,17H2,1-3H3,(H,18,19)(H,20,23)(H,21,24)(H,22,25)(H,26,27). The van der Waals surface area contributed by atoms with Gasteiger partial charge in [0.1, 0.15) is 18.1 Å². The molecule has 27 heavy (non-hydrogen) atoms. The first-order chi connectivity index (χ1) is 12.6. The first-order valence-electron chi connectivity index (χ1n) is 8.45. The van der Waals surface area contributed by atoms with Gasteiger partial charge in [0.05, 0.1) is 12.9 Å². The Hall–Kier alpha value is -2.95. The third kappa shape index (κ3) is 7.05. The second-order valence-corrected chi connectivity index (χ2v) is 6.40. The number of aliphatic carboxylic acids is 1. The van der Waals surface area contributed by atoms with E-state index >= 15 is 0 Å². The molecule has 11 heteroatoms. The molecule has 0 aromatic carbocycles. The number of hydrogen-bond donors (Lipinski definition) is 6. The van der Waals surface area contributed by atoms with Crippen LogP contribution in [0.15, 0.2) is 12.5 Å². The van der Waals surface area contributed by atoms with Crippen molar-refractivity contribution in [2.24, 2.45) is 11.7 Å². The fourth-order valence-corrected chi connectivity index (χ4v) is 2.26. The normalized spacial score (nSPS) is 14.1. The van der Waals surface area contributed by atoms with Crippen molar-refractivity contribution in [3.8, 4) is 0 Å². The highest BCUT2D eigenvalue weighted by Crippen LogP contribution is 2.05. The highest BCUT2D eigenvalue weighted by Gasteiger charge is 2.30. The van der Waals surface area contributed by atoms with Crippen molar-refractivity contribution in [1.29, 1.82) is 0 Å².